The summed E-state index contributed by atoms with van der Waals surface area (Å²) >= 11 is 0. The molecule has 1 N–H and O–H groups in total. The van der Waals surface area contributed by atoms with Crippen LogP contribution >= 0.6 is 0 Å². The van der Waals surface area contributed by atoms with Crippen LogP contribution in [0, 0.1) is 5.92 Å². The maximum atomic E-state index is 11.4. The quantitative estimate of drug-likeness (QED) is 0.776. The Morgan fingerprint density at radius 2 is 2.06 bits per heavy atom. The Balaban J connectivity index is 2.16. The van der Waals surface area contributed by atoms with Gasteiger partial charge in [0, 0.05) is 13.2 Å². The van der Waals surface area contributed by atoms with Crippen molar-refractivity contribution in [3.8, 4) is 0 Å². The normalized spacial score (nSPS) is 33.9. The van der Waals surface area contributed by atoms with Gasteiger partial charge in [-0.2, -0.15) is 0 Å². The molecule has 18 heavy (non-hydrogen) atoms. The third-order valence-electron chi connectivity index (χ3n) is 3.79. The summed E-state index contributed by atoms with van der Waals surface area (Å²) in [7, 11) is 1.57. The molecule has 1 aliphatic carbocycles. The first-order valence-electron chi connectivity index (χ1n) is 6.54. The first kappa shape index (κ1) is 13.8. The van der Waals surface area contributed by atoms with E-state index < -0.39 is 18.4 Å². The van der Waals surface area contributed by atoms with E-state index in [0.29, 0.717) is 0 Å². The van der Waals surface area contributed by atoms with Crippen molar-refractivity contribution in [2.24, 2.45) is 5.92 Å². The molecular formula is C13H23NO4. The van der Waals surface area contributed by atoms with Gasteiger partial charge in [-0.15, -0.1) is 0 Å². The van der Waals surface area contributed by atoms with Crippen LogP contribution in [0.5, 0.6) is 0 Å². The Hall–Kier alpha value is -0.650. The van der Waals surface area contributed by atoms with Gasteiger partial charge in [0.05, 0.1) is 5.60 Å². The smallest absolute Gasteiger partial charge is 0.321 e. The highest BCUT2D eigenvalue weighted by molar-refractivity contribution is 5.74. The maximum absolute atomic E-state index is 11.4. The topological polar surface area (TPSA) is 59.0 Å². The fourth-order valence-corrected chi connectivity index (χ4v) is 3.19. The Morgan fingerprint density at radius 1 is 1.39 bits per heavy atom. The summed E-state index contributed by atoms with van der Waals surface area (Å²) in [6.07, 6.45) is 2.43. The van der Waals surface area contributed by atoms with Gasteiger partial charge in [-0.25, -0.2) is 4.90 Å². The summed E-state index contributed by atoms with van der Waals surface area (Å²) in [5, 5.41) is 9.40. The number of ether oxygens (including phenoxy) is 2. The molecule has 2 fully saturated rings. The lowest BCUT2D eigenvalue weighted by molar-refractivity contribution is -0.268. The van der Waals surface area contributed by atoms with Crippen LogP contribution in [0.25, 0.3) is 0 Å². The Labute approximate surface area is 108 Å². The molecule has 1 unspecified atom stereocenters. The molecular weight excluding hydrogens is 234 g/mol. The van der Waals surface area contributed by atoms with Crippen LogP contribution < -0.4 is 0 Å². The molecule has 0 radical (unpaired) electrons. The first-order chi connectivity index (χ1) is 8.33. The van der Waals surface area contributed by atoms with Gasteiger partial charge in [0.2, 0.25) is 6.41 Å². The van der Waals surface area contributed by atoms with Crippen molar-refractivity contribution in [3.05, 3.63) is 0 Å². The number of rotatable bonds is 4. The lowest BCUT2D eigenvalue weighted by Gasteiger charge is -2.40. The number of carboxylic acids is 1. The highest BCUT2D eigenvalue weighted by Crippen LogP contribution is 2.44. The lowest BCUT2D eigenvalue weighted by Crippen LogP contribution is -2.54. The molecule has 4 atom stereocenters. The molecule has 1 saturated heterocycles. The molecule has 0 spiro atoms. The van der Waals surface area contributed by atoms with Crippen molar-refractivity contribution in [3.63, 3.8) is 0 Å². The number of carboxylic acid groups (broad SMARTS) is 1. The van der Waals surface area contributed by atoms with E-state index in [9.17, 15) is 9.90 Å². The van der Waals surface area contributed by atoms with Gasteiger partial charge in [0.1, 0.15) is 6.04 Å². The average Bonchev–Trinajstić information content (AvgIpc) is 2.83. The van der Waals surface area contributed by atoms with Crippen LogP contribution in [-0.4, -0.2) is 47.2 Å². The van der Waals surface area contributed by atoms with Crippen LogP contribution in [0.1, 0.15) is 40.0 Å². The van der Waals surface area contributed by atoms with Crippen molar-refractivity contribution >= 4 is 5.97 Å². The lowest BCUT2D eigenvalue weighted by atomic mass is 9.99. The second kappa shape index (κ2) is 4.79. The third-order valence-corrected chi connectivity index (χ3v) is 3.79. The zero-order valence-electron chi connectivity index (χ0n) is 11.5. The zero-order chi connectivity index (χ0) is 13.5. The van der Waals surface area contributed by atoms with Crippen molar-refractivity contribution < 1.29 is 19.4 Å². The number of hydrogen-bond donors (Lipinski definition) is 1. The van der Waals surface area contributed by atoms with E-state index in [0.717, 1.165) is 19.3 Å². The standard InChI is InChI=1S/C13H23NO4/c1-13(2,3)18-12(17-4)14-9-6-5-8(7-9)10(14)11(15)16/h8-10,12H,5-7H2,1-4H3,(H,15,16)/t8-,9+,10-,12?/m0/s1. The molecule has 0 amide bonds. The molecule has 5 heteroatoms. The first-order valence-corrected chi connectivity index (χ1v) is 6.54. The molecule has 5 nitrogen and oxygen atoms in total. The van der Waals surface area contributed by atoms with Crippen molar-refractivity contribution in [2.45, 2.75) is 64.1 Å². The number of hydrogen-bond acceptors (Lipinski definition) is 4. The number of aliphatic carboxylic acids is 1. The third kappa shape index (κ3) is 2.53. The van der Waals surface area contributed by atoms with Crippen LogP contribution in [0.15, 0.2) is 0 Å². The molecule has 2 rings (SSSR count). The molecule has 2 bridgehead atoms. The summed E-state index contributed by atoms with van der Waals surface area (Å²) in [4.78, 5) is 13.3. The van der Waals surface area contributed by atoms with Crippen molar-refractivity contribution in [1.29, 1.82) is 0 Å². The number of carbonyl (C=O) groups is 1. The maximum Gasteiger partial charge on any atom is 0.321 e. The highest BCUT2D eigenvalue weighted by atomic mass is 16.7. The van der Waals surface area contributed by atoms with E-state index in [1.165, 1.54) is 0 Å². The Morgan fingerprint density at radius 3 is 2.56 bits per heavy atom. The fraction of sp³-hybridized carbons (Fsp3) is 0.923. The summed E-state index contributed by atoms with van der Waals surface area (Å²) in [5.41, 5.74) is -0.356. The Bertz CT molecular complexity index is 325. The van der Waals surface area contributed by atoms with Crippen molar-refractivity contribution in [2.75, 3.05) is 7.11 Å². The molecule has 1 aliphatic heterocycles. The van der Waals surface area contributed by atoms with Gasteiger partial charge in [0.25, 0.3) is 0 Å². The van der Waals surface area contributed by atoms with E-state index >= 15 is 0 Å². The zero-order valence-corrected chi connectivity index (χ0v) is 11.5. The van der Waals surface area contributed by atoms with E-state index in [1.807, 2.05) is 25.7 Å². The van der Waals surface area contributed by atoms with E-state index in [-0.39, 0.29) is 17.6 Å². The highest BCUT2D eigenvalue weighted by Gasteiger charge is 2.52. The molecule has 0 aromatic heterocycles. The summed E-state index contributed by atoms with van der Waals surface area (Å²) < 4.78 is 11.2. The minimum atomic E-state index is -0.762. The fourth-order valence-electron chi connectivity index (χ4n) is 3.19. The van der Waals surface area contributed by atoms with Crippen LogP contribution in [0.4, 0.5) is 0 Å². The molecule has 1 heterocycles. The Kier molecular flexibility index (Phi) is 3.67. The molecule has 2 aliphatic rings. The van der Waals surface area contributed by atoms with Crippen LogP contribution in [-0.2, 0) is 14.3 Å². The number of piperidine rings is 1. The minimum absolute atomic E-state index is 0.244. The minimum Gasteiger partial charge on any atom is -0.480 e. The average molecular weight is 257 g/mol. The second-order valence-electron chi connectivity index (χ2n) is 6.23. The van der Waals surface area contributed by atoms with Crippen LogP contribution in [0.3, 0.4) is 0 Å². The van der Waals surface area contributed by atoms with Crippen molar-refractivity contribution in [1.82, 2.24) is 4.90 Å². The predicted molar refractivity (Wildman–Crippen MR) is 66.0 cm³/mol. The van der Waals surface area contributed by atoms with Gasteiger partial charge in [-0.05, 0) is 46.0 Å². The number of methoxy groups -OCH3 is 1. The van der Waals surface area contributed by atoms with Gasteiger partial charge >= 0.3 is 5.97 Å². The molecule has 1 saturated carbocycles. The number of likely N-dealkylation sites (tertiary alicyclic amines) is 1. The van der Waals surface area contributed by atoms with Gasteiger partial charge < -0.3 is 14.6 Å². The summed E-state index contributed by atoms with van der Waals surface area (Å²) in [6, 6.07) is -0.181. The number of fused-ring (bicyclic) bond motifs is 2. The van der Waals surface area contributed by atoms with Gasteiger partial charge in [-0.1, -0.05) is 0 Å². The van der Waals surface area contributed by atoms with Gasteiger partial charge in [-0.3, -0.25) is 4.79 Å². The monoisotopic (exact) mass is 257 g/mol. The second-order valence-corrected chi connectivity index (χ2v) is 6.23. The summed E-state index contributed by atoms with van der Waals surface area (Å²) in [5.74, 6) is -0.518. The SMILES string of the molecule is COC(OC(C)(C)C)N1[C@@H]2CC[C@@H](C2)[C@H]1C(=O)O. The van der Waals surface area contributed by atoms with E-state index in [2.05, 4.69) is 0 Å². The van der Waals surface area contributed by atoms with Crippen LogP contribution in [0.2, 0.25) is 0 Å². The predicted octanol–water partition coefficient (Wildman–Crippen LogP) is 1.67. The van der Waals surface area contributed by atoms with E-state index in [1.54, 1.807) is 7.11 Å². The molecule has 104 valence electrons. The largest absolute Gasteiger partial charge is 0.480 e. The molecule has 0 aromatic rings. The van der Waals surface area contributed by atoms with Gasteiger partial charge in [0.15, 0.2) is 0 Å². The number of nitrogens with zero attached hydrogens (tertiary/aromatic N) is 1. The molecule has 0 aromatic carbocycles. The summed E-state index contributed by atoms with van der Waals surface area (Å²) in [6.45, 7) is 5.84. The van der Waals surface area contributed by atoms with E-state index in [4.69, 9.17) is 9.47 Å².